The summed E-state index contributed by atoms with van der Waals surface area (Å²) in [5.74, 6) is 0. The Morgan fingerprint density at radius 3 is 1.62 bits per heavy atom. The van der Waals surface area contributed by atoms with Gasteiger partial charge in [0.15, 0.2) is 0 Å². The van der Waals surface area contributed by atoms with Gasteiger partial charge in [0.05, 0.1) is 24.8 Å². The minimum Gasteiger partial charge on any atom is -0.164 e. The first kappa shape index (κ1) is 12.0. The van der Waals surface area contributed by atoms with E-state index in [9.17, 15) is 0 Å². The van der Waals surface area contributed by atoms with E-state index in [1.54, 1.807) is 18.6 Å². The Morgan fingerprint density at radius 1 is 0.762 bits per heavy atom. The van der Waals surface area contributed by atoms with Gasteiger partial charge in [0.1, 0.15) is 0 Å². The minimum atomic E-state index is -2.06. The van der Waals surface area contributed by atoms with E-state index in [1.165, 1.54) is 0 Å². The summed E-state index contributed by atoms with van der Waals surface area (Å²) in [6.07, 6.45) is 14.8. The van der Waals surface area contributed by atoms with Gasteiger partial charge in [-0.3, -0.25) is 0 Å². The zero-order chi connectivity index (χ0) is 14.1. The van der Waals surface area contributed by atoms with Crippen molar-refractivity contribution in [1.29, 1.82) is 0 Å². The molecule has 0 spiro atoms. The summed E-state index contributed by atoms with van der Waals surface area (Å²) < 4.78 is 7.55. The SMILES string of the molecule is c1cnn(S(n2cccn2)(n2cccn2)[n+]2ccc[nH]2)c1. The van der Waals surface area contributed by atoms with Gasteiger partial charge >= 0.3 is 10.8 Å². The van der Waals surface area contributed by atoms with Crippen LogP contribution in [0.5, 0.6) is 0 Å². The van der Waals surface area contributed by atoms with Crippen LogP contribution in [0.3, 0.4) is 0 Å². The second-order valence-corrected chi connectivity index (χ2v) is 6.67. The molecule has 0 aliphatic carbocycles. The van der Waals surface area contributed by atoms with E-state index in [1.807, 2.05) is 71.6 Å². The van der Waals surface area contributed by atoms with Gasteiger partial charge in [0.2, 0.25) is 6.20 Å². The van der Waals surface area contributed by atoms with Crippen LogP contribution in [-0.2, 0) is 0 Å². The summed E-state index contributed by atoms with van der Waals surface area (Å²) in [5.41, 5.74) is 0. The molecule has 0 aliphatic rings. The number of hydrogen-bond donors (Lipinski definition) is 1. The average Bonchev–Trinajstić information content (AvgIpc) is 3.32. The van der Waals surface area contributed by atoms with Crippen molar-refractivity contribution in [3.8, 4) is 0 Å². The number of nitrogens with zero attached hydrogens (tertiary/aromatic N) is 7. The van der Waals surface area contributed by atoms with Crippen LogP contribution in [0.1, 0.15) is 0 Å². The van der Waals surface area contributed by atoms with E-state index < -0.39 is 10.8 Å². The third-order valence-corrected chi connectivity index (χ3v) is 5.89. The van der Waals surface area contributed by atoms with Crippen LogP contribution in [0.4, 0.5) is 0 Å². The van der Waals surface area contributed by atoms with Crippen LogP contribution < -0.4 is 4.09 Å². The Morgan fingerprint density at radius 2 is 1.29 bits per heavy atom. The number of aromatic amines is 1. The van der Waals surface area contributed by atoms with Crippen molar-refractivity contribution >= 4 is 10.8 Å². The normalized spacial score (nSPS) is 12.6. The molecule has 4 heterocycles. The van der Waals surface area contributed by atoms with Crippen molar-refractivity contribution in [2.75, 3.05) is 0 Å². The molecule has 0 atom stereocenters. The lowest BCUT2D eigenvalue weighted by molar-refractivity contribution is -0.574. The highest BCUT2D eigenvalue weighted by Crippen LogP contribution is 2.44. The minimum absolute atomic E-state index is 1.75. The molecule has 0 saturated heterocycles. The van der Waals surface area contributed by atoms with E-state index in [0.29, 0.717) is 0 Å². The number of aromatic nitrogens is 8. The number of rotatable bonds is 4. The summed E-state index contributed by atoms with van der Waals surface area (Å²) in [5, 5.41) is 16.6. The molecule has 0 saturated carbocycles. The molecule has 8 nitrogen and oxygen atoms in total. The zero-order valence-corrected chi connectivity index (χ0v) is 11.8. The van der Waals surface area contributed by atoms with Crippen LogP contribution in [0.25, 0.3) is 0 Å². The third kappa shape index (κ3) is 1.64. The van der Waals surface area contributed by atoms with Crippen molar-refractivity contribution in [3.63, 3.8) is 0 Å². The highest BCUT2D eigenvalue weighted by Gasteiger charge is 2.44. The van der Waals surface area contributed by atoms with Crippen molar-refractivity contribution in [2.24, 2.45) is 0 Å². The fourth-order valence-corrected chi connectivity index (χ4v) is 4.89. The largest absolute Gasteiger partial charge is 0.312 e. The topological polar surface area (TPSA) is 73.1 Å². The van der Waals surface area contributed by atoms with Gasteiger partial charge in [0, 0.05) is 24.7 Å². The Kier molecular flexibility index (Phi) is 2.64. The predicted molar refractivity (Wildman–Crippen MR) is 76.9 cm³/mol. The Labute approximate surface area is 122 Å². The molecule has 4 aromatic heterocycles. The molecule has 4 rings (SSSR count). The lowest BCUT2D eigenvalue weighted by Gasteiger charge is -2.30. The van der Waals surface area contributed by atoms with Crippen molar-refractivity contribution < 1.29 is 4.09 Å². The molecular formula is C12H13N8S+. The van der Waals surface area contributed by atoms with Crippen LogP contribution in [0, 0.1) is 0 Å². The maximum atomic E-state index is 4.45. The second-order valence-electron chi connectivity index (χ2n) is 4.18. The molecule has 0 unspecified atom stereocenters. The first-order valence-electron chi connectivity index (χ1n) is 6.32. The lowest BCUT2D eigenvalue weighted by Crippen LogP contribution is -2.51. The molecule has 1 N–H and O–H groups in total. The highest BCUT2D eigenvalue weighted by molar-refractivity contribution is 8.24. The molecular weight excluding hydrogens is 288 g/mol. The van der Waals surface area contributed by atoms with Gasteiger partial charge in [-0.2, -0.15) is 20.4 Å². The van der Waals surface area contributed by atoms with Gasteiger partial charge in [-0.05, 0) is 22.3 Å². The van der Waals surface area contributed by atoms with Crippen molar-refractivity contribution in [2.45, 2.75) is 0 Å². The summed E-state index contributed by atoms with van der Waals surface area (Å²) in [6, 6.07) is 7.59. The first-order valence-corrected chi connectivity index (χ1v) is 7.78. The van der Waals surface area contributed by atoms with E-state index in [4.69, 9.17) is 0 Å². The summed E-state index contributed by atoms with van der Waals surface area (Å²) in [7, 11) is -2.06. The average molecular weight is 301 g/mol. The van der Waals surface area contributed by atoms with Crippen molar-refractivity contribution in [1.82, 2.24) is 32.7 Å². The standard InChI is InChI=1S/C12H12N8S/c1-5-13-17(9-1)21(18-10-2-6-14-18,19-11-3-7-15-19)20-12-4-8-16-20/h1-12H/p+1. The van der Waals surface area contributed by atoms with E-state index in [0.717, 1.165) is 0 Å². The zero-order valence-electron chi connectivity index (χ0n) is 11.0. The van der Waals surface area contributed by atoms with Gasteiger partial charge in [0.25, 0.3) is 0 Å². The fraction of sp³-hybridized carbons (Fsp3) is 0. The summed E-state index contributed by atoms with van der Waals surface area (Å²) in [6.45, 7) is 0. The Bertz CT molecular complexity index is 643. The second kappa shape index (κ2) is 4.63. The third-order valence-electron chi connectivity index (χ3n) is 2.98. The lowest BCUT2D eigenvalue weighted by atomic mass is 10.8. The Balaban J connectivity index is 2.10. The van der Waals surface area contributed by atoms with Gasteiger partial charge in [-0.15, -0.1) is 12.3 Å². The van der Waals surface area contributed by atoms with Crippen LogP contribution in [-0.4, -0.2) is 32.7 Å². The monoisotopic (exact) mass is 301 g/mol. The smallest absolute Gasteiger partial charge is 0.164 e. The van der Waals surface area contributed by atoms with Gasteiger partial charge in [-0.25, -0.2) is 0 Å². The molecule has 4 aromatic rings. The molecule has 0 amide bonds. The molecule has 9 heteroatoms. The van der Waals surface area contributed by atoms with E-state index in [-0.39, 0.29) is 0 Å². The molecule has 21 heavy (non-hydrogen) atoms. The Hall–Kier alpha value is -2.81. The van der Waals surface area contributed by atoms with Gasteiger partial charge < -0.3 is 0 Å². The number of nitrogens with one attached hydrogen (secondary N) is 1. The molecule has 0 radical (unpaired) electrons. The maximum absolute atomic E-state index is 4.45. The maximum Gasteiger partial charge on any atom is 0.312 e. The molecule has 0 aromatic carbocycles. The fourth-order valence-electron chi connectivity index (χ4n) is 2.16. The summed E-state index contributed by atoms with van der Waals surface area (Å²) >= 11 is 0. The molecule has 0 fully saturated rings. The van der Waals surface area contributed by atoms with Crippen LogP contribution >= 0.6 is 10.8 Å². The number of hydrogen-bond acceptors (Lipinski definition) is 3. The highest BCUT2D eigenvalue weighted by atomic mass is 32.3. The summed E-state index contributed by atoms with van der Waals surface area (Å²) in [4.78, 5) is 0. The predicted octanol–water partition coefficient (Wildman–Crippen LogP) is 0.849. The van der Waals surface area contributed by atoms with E-state index in [2.05, 4.69) is 20.4 Å². The van der Waals surface area contributed by atoms with Gasteiger partial charge in [-0.1, -0.05) is 0 Å². The molecule has 106 valence electrons. The molecule has 0 bridgehead atoms. The van der Waals surface area contributed by atoms with Crippen LogP contribution in [0.2, 0.25) is 0 Å². The quantitative estimate of drug-likeness (QED) is 0.568. The molecule has 0 aliphatic heterocycles. The first-order chi connectivity index (χ1) is 10.4. The van der Waals surface area contributed by atoms with E-state index >= 15 is 0 Å². The van der Waals surface area contributed by atoms with Crippen molar-refractivity contribution in [3.05, 3.63) is 73.8 Å². The number of H-pyrrole nitrogens is 1. The van der Waals surface area contributed by atoms with Crippen LogP contribution in [0.15, 0.2) is 73.8 Å².